The molecule has 2 aromatic carbocycles. The Morgan fingerprint density at radius 2 is 0.951 bits per heavy atom. The summed E-state index contributed by atoms with van der Waals surface area (Å²) in [6.45, 7) is 5.34. The monoisotopic (exact) mass is 610 g/mol. The van der Waals surface area contributed by atoms with Gasteiger partial charge in [-0.3, -0.25) is 9.59 Å². The van der Waals surface area contributed by atoms with Crippen LogP contribution in [0, 0.1) is 11.8 Å². The van der Waals surface area contributed by atoms with Gasteiger partial charge in [0, 0.05) is 23.1 Å². The number of nitrogens with zero attached hydrogens (tertiary/aromatic N) is 2. The first-order valence-electron chi connectivity index (χ1n) is 14.0. The van der Waals surface area contributed by atoms with Gasteiger partial charge in [0.25, 0.3) is 0 Å². The summed E-state index contributed by atoms with van der Waals surface area (Å²) in [6, 6.07) is 14.1. The molecule has 0 spiro atoms. The number of benzene rings is 2. The standard InChI is InChI=1S/2C15H21ClN2O2.H2O/c2*16-13-5-3-11(4-6-13)14(19)9-12(15(17)20)10-18-7-1-2-8-18;/h2*3-6,12,14,19H,1-2,7-10H2,(H2,17,20);1H2. The first kappa shape index (κ1) is 35.0. The molecule has 0 radical (unpaired) electrons. The topological polar surface area (TPSA) is 165 Å². The molecule has 2 aliphatic heterocycles. The van der Waals surface area contributed by atoms with E-state index in [-0.39, 0.29) is 29.1 Å². The van der Waals surface area contributed by atoms with Crippen LogP contribution in [0.15, 0.2) is 48.5 Å². The van der Waals surface area contributed by atoms with E-state index >= 15 is 0 Å². The molecule has 4 unspecified atom stereocenters. The number of hydrogen-bond donors (Lipinski definition) is 4. The zero-order valence-electron chi connectivity index (χ0n) is 23.4. The van der Waals surface area contributed by atoms with Gasteiger partial charge in [-0.2, -0.15) is 0 Å². The van der Waals surface area contributed by atoms with Crippen molar-refractivity contribution in [3.05, 3.63) is 69.7 Å². The SMILES string of the molecule is NC(=O)C(CC(O)c1ccc(Cl)cc1)CN1CCCC1.NC(=O)C(CC(O)c1ccc(Cl)cc1)CN1CCCC1.O. The predicted octanol–water partition coefficient (Wildman–Crippen LogP) is 3.10. The lowest BCUT2D eigenvalue weighted by Crippen LogP contribution is -2.35. The molecule has 2 fully saturated rings. The Hall–Kier alpha value is -2.24. The third kappa shape index (κ3) is 11.9. The summed E-state index contributed by atoms with van der Waals surface area (Å²) in [6.07, 6.45) is 4.02. The van der Waals surface area contributed by atoms with Gasteiger partial charge < -0.3 is 37.0 Å². The molecule has 11 heteroatoms. The van der Waals surface area contributed by atoms with Crippen LogP contribution >= 0.6 is 23.2 Å². The van der Waals surface area contributed by atoms with E-state index in [0.717, 1.165) is 37.3 Å². The molecule has 9 nitrogen and oxygen atoms in total. The highest BCUT2D eigenvalue weighted by atomic mass is 35.5. The molecule has 2 heterocycles. The molecule has 41 heavy (non-hydrogen) atoms. The zero-order chi connectivity index (χ0) is 29.1. The number of rotatable bonds is 12. The number of likely N-dealkylation sites (tertiary alicyclic amines) is 2. The number of carbonyl (C=O) groups is 2. The molecular formula is C30H44Cl2N4O5. The molecule has 2 aromatic rings. The van der Waals surface area contributed by atoms with Crippen LogP contribution in [0.3, 0.4) is 0 Å². The first-order valence-corrected chi connectivity index (χ1v) is 14.8. The Balaban J connectivity index is 0.000000280. The molecule has 0 saturated carbocycles. The lowest BCUT2D eigenvalue weighted by Gasteiger charge is -2.23. The molecule has 228 valence electrons. The van der Waals surface area contributed by atoms with E-state index in [9.17, 15) is 19.8 Å². The minimum Gasteiger partial charge on any atom is -0.412 e. The number of aliphatic hydroxyl groups excluding tert-OH is 2. The van der Waals surface area contributed by atoms with E-state index in [1.807, 2.05) is 0 Å². The van der Waals surface area contributed by atoms with Gasteiger partial charge >= 0.3 is 0 Å². The summed E-state index contributed by atoms with van der Waals surface area (Å²) in [5, 5.41) is 21.7. The fraction of sp³-hybridized carbons (Fsp3) is 0.533. The maximum absolute atomic E-state index is 11.6. The maximum Gasteiger partial charge on any atom is 0.221 e. The Labute approximate surface area is 252 Å². The van der Waals surface area contributed by atoms with Gasteiger partial charge in [0.15, 0.2) is 0 Å². The quantitative estimate of drug-likeness (QED) is 0.288. The highest BCUT2D eigenvalue weighted by Crippen LogP contribution is 2.25. The smallest absolute Gasteiger partial charge is 0.221 e. The van der Waals surface area contributed by atoms with Crippen molar-refractivity contribution in [3.8, 4) is 0 Å². The molecule has 2 saturated heterocycles. The van der Waals surface area contributed by atoms with E-state index in [2.05, 4.69) is 9.80 Å². The van der Waals surface area contributed by atoms with Crippen molar-refractivity contribution in [3.63, 3.8) is 0 Å². The minimum absolute atomic E-state index is 0. The highest BCUT2D eigenvalue weighted by Gasteiger charge is 2.26. The predicted molar refractivity (Wildman–Crippen MR) is 162 cm³/mol. The maximum atomic E-state index is 11.6. The first-order chi connectivity index (χ1) is 19.1. The minimum atomic E-state index is -0.688. The normalized spacial score (nSPS) is 18.4. The van der Waals surface area contributed by atoms with Crippen molar-refractivity contribution in [2.75, 3.05) is 39.3 Å². The summed E-state index contributed by atoms with van der Waals surface area (Å²) < 4.78 is 0. The number of hydrogen-bond acceptors (Lipinski definition) is 6. The summed E-state index contributed by atoms with van der Waals surface area (Å²) in [7, 11) is 0. The van der Waals surface area contributed by atoms with Crippen LogP contribution in [0.4, 0.5) is 0 Å². The van der Waals surface area contributed by atoms with Gasteiger partial charge in [-0.05, 0) is 100 Å². The van der Waals surface area contributed by atoms with Gasteiger partial charge in [0.05, 0.1) is 24.0 Å². The number of amides is 2. The van der Waals surface area contributed by atoms with Crippen LogP contribution in [0.2, 0.25) is 10.0 Å². The largest absolute Gasteiger partial charge is 0.412 e. The molecule has 2 aliphatic rings. The number of aliphatic hydroxyl groups is 2. The molecule has 0 aromatic heterocycles. The van der Waals surface area contributed by atoms with Gasteiger partial charge in [-0.15, -0.1) is 0 Å². The number of primary amides is 2. The summed E-state index contributed by atoms with van der Waals surface area (Å²) in [5.74, 6) is -1.33. The van der Waals surface area contributed by atoms with Crippen LogP contribution < -0.4 is 11.5 Å². The third-order valence-electron chi connectivity index (χ3n) is 7.68. The van der Waals surface area contributed by atoms with Crippen LogP contribution in [0.5, 0.6) is 0 Å². The summed E-state index contributed by atoms with van der Waals surface area (Å²) in [5.41, 5.74) is 12.5. The molecule has 8 N–H and O–H groups in total. The van der Waals surface area contributed by atoms with Gasteiger partial charge in [0.2, 0.25) is 11.8 Å². The molecule has 2 amide bonds. The van der Waals surface area contributed by atoms with Crippen LogP contribution in [-0.2, 0) is 9.59 Å². The van der Waals surface area contributed by atoms with Crippen LogP contribution in [0.1, 0.15) is 61.9 Å². The van der Waals surface area contributed by atoms with E-state index in [1.165, 1.54) is 25.7 Å². The highest BCUT2D eigenvalue weighted by molar-refractivity contribution is 6.30. The van der Waals surface area contributed by atoms with E-state index in [0.29, 0.717) is 36.0 Å². The van der Waals surface area contributed by atoms with Crippen molar-refractivity contribution in [2.24, 2.45) is 23.3 Å². The van der Waals surface area contributed by atoms with Crippen molar-refractivity contribution in [1.29, 1.82) is 0 Å². The second kappa shape index (κ2) is 17.7. The fourth-order valence-corrected chi connectivity index (χ4v) is 5.55. The average molecular weight is 612 g/mol. The van der Waals surface area contributed by atoms with Crippen molar-refractivity contribution < 1.29 is 25.3 Å². The number of nitrogens with two attached hydrogens (primary N) is 2. The Morgan fingerprint density at radius 3 is 1.22 bits per heavy atom. The third-order valence-corrected chi connectivity index (χ3v) is 8.19. The summed E-state index contributed by atoms with van der Waals surface area (Å²) in [4.78, 5) is 27.6. The van der Waals surface area contributed by atoms with Crippen molar-refractivity contribution in [1.82, 2.24) is 9.80 Å². The van der Waals surface area contributed by atoms with Crippen molar-refractivity contribution in [2.45, 2.75) is 50.7 Å². The second-order valence-electron chi connectivity index (χ2n) is 10.8. The van der Waals surface area contributed by atoms with E-state index < -0.39 is 12.2 Å². The lowest BCUT2D eigenvalue weighted by molar-refractivity contribution is -0.124. The molecule has 0 bridgehead atoms. The van der Waals surface area contributed by atoms with Crippen LogP contribution in [0.25, 0.3) is 0 Å². The molecule has 0 aliphatic carbocycles. The Kier molecular flexibility index (Phi) is 15.1. The van der Waals surface area contributed by atoms with Gasteiger partial charge in [-0.25, -0.2) is 0 Å². The van der Waals surface area contributed by atoms with E-state index in [1.54, 1.807) is 48.5 Å². The zero-order valence-corrected chi connectivity index (χ0v) is 24.9. The number of carbonyl (C=O) groups excluding carboxylic acids is 2. The average Bonchev–Trinajstić information content (AvgIpc) is 3.63. The molecule has 4 rings (SSSR count). The Morgan fingerprint density at radius 1 is 0.659 bits per heavy atom. The van der Waals surface area contributed by atoms with E-state index in [4.69, 9.17) is 34.7 Å². The van der Waals surface area contributed by atoms with Gasteiger partial charge in [0.1, 0.15) is 0 Å². The lowest BCUT2D eigenvalue weighted by atomic mass is 9.96. The number of halogens is 2. The van der Waals surface area contributed by atoms with Crippen molar-refractivity contribution >= 4 is 35.0 Å². The summed E-state index contributed by atoms with van der Waals surface area (Å²) >= 11 is 11.6. The van der Waals surface area contributed by atoms with Gasteiger partial charge in [-0.1, -0.05) is 47.5 Å². The second-order valence-corrected chi connectivity index (χ2v) is 11.7. The Bertz CT molecular complexity index is 976. The molecule has 4 atom stereocenters. The molecular weight excluding hydrogens is 567 g/mol. The van der Waals surface area contributed by atoms with Crippen LogP contribution in [-0.4, -0.2) is 76.6 Å². The fourth-order valence-electron chi connectivity index (χ4n) is 5.30.